The smallest absolute Gasteiger partial charge is 0.224 e. The van der Waals surface area contributed by atoms with Crippen molar-refractivity contribution in [3.63, 3.8) is 0 Å². The average molecular weight is 356 g/mol. The summed E-state index contributed by atoms with van der Waals surface area (Å²) in [6, 6.07) is 8.00. The number of hydrogen-bond acceptors (Lipinski definition) is 3. The highest BCUT2D eigenvalue weighted by molar-refractivity contribution is 6.01. The van der Waals surface area contributed by atoms with Crippen LogP contribution in [0.1, 0.15) is 31.2 Å². The van der Waals surface area contributed by atoms with E-state index >= 15 is 0 Å². The molecule has 0 aliphatic heterocycles. The Hall–Kier alpha value is -1.36. The van der Waals surface area contributed by atoms with Crippen LogP contribution in [0.5, 0.6) is 0 Å². The van der Waals surface area contributed by atoms with Crippen LogP contribution in [0, 0.1) is 12.8 Å². The lowest BCUT2D eigenvalue weighted by Crippen LogP contribution is -2.28. The summed E-state index contributed by atoms with van der Waals surface area (Å²) in [6.07, 6.45) is 5.52. The maximum absolute atomic E-state index is 12.3. The fourth-order valence-electron chi connectivity index (χ4n) is 3.18. The van der Waals surface area contributed by atoms with E-state index in [-0.39, 0.29) is 36.8 Å². The zero-order chi connectivity index (χ0) is 14.8. The first-order chi connectivity index (χ1) is 10.1. The van der Waals surface area contributed by atoms with Gasteiger partial charge in [-0.3, -0.25) is 9.78 Å². The number of rotatable bonds is 3. The highest BCUT2D eigenvalue weighted by Crippen LogP contribution is 2.28. The van der Waals surface area contributed by atoms with Gasteiger partial charge in [0.2, 0.25) is 5.91 Å². The van der Waals surface area contributed by atoms with Crippen LogP contribution in [-0.2, 0) is 4.79 Å². The van der Waals surface area contributed by atoms with Crippen LogP contribution < -0.4 is 11.1 Å². The van der Waals surface area contributed by atoms with E-state index in [1.807, 2.05) is 31.2 Å². The van der Waals surface area contributed by atoms with Gasteiger partial charge in [-0.1, -0.05) is 12.5 Å². The van der Waals surface area contributed by atoms with Gasteiger partial charge in [0.1, 0.15) is 0 Å². The van der Waals surface area contributed by atoms with Crippen molar-refractivity contribution in [1.29, 1.82) is 0 Å². The number of aromatic nitrogens is 1. The number of amides is 1. The lowest BCUT2D eigenvalue weighted by molar-refractivity contribution is -0.117. The molecule has 0 bridgehead atoms. The molecule has 126 valence electrons. The van der Waals surface area contributed by atoms with Crippen LogP contribution in [0.4, 0.5) is 5.69 Å². The lowest BCUT2D eigenvalue weighted by atomic mass is 9.99. The van der Waals surface area contributed by atoms with E-state index < -0.39 is 0 Å². The minimum Gasteiger partial charge on any atom is -0.327 e. The number of nitrogens with zero attached hydrogens (tertiary/aromatic N) is 1. The normalized spacial score (nSPS) is 19.7. The Kier molecular flexibility index (Phi) is 7.26. The molecule has 1 aromatic heterocycles. The molecular weight excluding hydrogens is 333 g/mol. The predicted molar refractivity (Wildman–Crippen MR) is 99.5 cm³/mol. The fourth-order valence-corrected chi connectivity index (χ4v) is 3.18. The van der Waals surface area contributed by atoms with Gasteiger partial charge >= 0.3 is 0 Å². The van der Waals surface area contributed by atoms with Crippen molar-refractivity contribution in [2.45, 2.75) is 38.6 Å². The van der Waals surface area contributed by atoms with Gasteiger partial charge in [-0.2, -0.15) is 0 Å². The number of hydrogen-bond donors (Lipinski definition) is 2. The van der Waals surface area contributed by atoms with Crippen molar-refractivity contribution >= 4 is 47.3 Å². The number of fused-ring (bicyclic) bond motifs is 1. The van der Waals surface area contributed by atoms with E-state index in [1.54, 1.807) is 6.20 Å². The third-order valence-electron chi connectivity index (χ3n) is 4.41. The molecule has 1 amide bonds. The Balaban J connectivity index is 0.00000132. The molecule has 23 heavy (non-hydrogen) atoms. The van der Waals surface area contributed by atoms with Crippen LogP contribution in [0.3, 0.4) is 0 Å². The number of benzene rings is 1. The first-order valence-electron chi connectivity index (χ1n) is 7.55. The second-order valence-electron chi connectivity index (χ2n) is 5.94. The molecule has 0 radical (unpaired) electrons. The third kappa shape index (κ3) is 4.34. The molecule has 1 heterocycles. The molecule has 1 saturated carbocycles. The number of anilines is 1. The first-order valence-corrected chi connectivity index (χ1v) is 7.55. The number of nitrogens with one attached hydrogen (secondary N) is 1. The minimum atomic E-state index is 0. The molecule has 0 saturated heterocycles. The molecule has 0 spiro atoms. The van der Waals surface area contributed by atoms with E-state index in [9.17, 15) is 4.79 Å². The van der Waals surface area contributed by atoms with Gasteiger partial charge in [0.15, 0.2) is 0 Å². The zero-order valence-corrected chi connectivity index (χ0v) is 14.8. The molecule has 1 aliphatic rings. The van der Waals surface area contributed by atoms with Crippen LogP contribution in [0.2, 0.25) is 0 Å². The van der Waals surface area contributed by atoms with Gasteiger partial charge in [0.05, 0.1) is 11.2 Å². The molecule has 3 N–H and O–H groups in total. The Bertz CT molecular complexity index is 678. The summed E-state index contributed by atoms with van der Waals surface area (Å²) < 4.78 is 0. The van der Waals surface area contributed by atoms with Crippen LogP contribution in [0.15, 0.2) is 30.5 Å². The molecule has 1 fully saturated rings. The van der Waals surface area contributed by atoms with Crippen molar-refractivity contribution in [2.75, 3.05) is 5.32 Å². The second kappa shape index (κ2) is 8.48. The van der Waals surface area contributed by atoms with Crippen molar-refractivity contribution in [3.8, 4) is 0 Å². The minimum absolute atomic E-state index is 0. The fraction of sp³-hybridized carbons (Fsp3) is 0.412. The molecular formula is C17H23Cl2N3O. The van der Waals surface area contributed by atoms with E-state index in [4.69, 9.17) is 5.73 Å². The van der Waals surface area contributed by atoms with Crippen LogP contribution >= 0.6 is 24.8 Å². The maximum atomic E-state index is 12.3. The number of aryl methyl sites for hydroxylation is 1. The van der Waals surface area contributed by atoms with Crippen molar-refractivity contribution in [2.24, 2.45) is 11.7 Å². The monoisotopic (exact) mass is 355 g/mol. The second-order valence-corrected chi connectivity index (χ2v) is 5.94. The number of pyridine rings is 1. The Morgan fingerprint density at radius 3 is 2.78 bits per heavy atom. The average Bonchev–Trinajstić information content (AvgIpc) is 2.88. The largest absolute Gasteiger partial charge is 0.327 e. The summed E-state index contributed by atoms with van der Waals surface area (Å²) in [4.78, 5) is 16.6. The maximum Gasteiger partial charge on any atom is 0.224 e. The Morgan fingerprint density at radius 2 is 2.09 bits per heavy atom. The highest BCUT2D eigenvalue weighted by Gasteiger charge is 2.26. The number of carbonyl (C=O) groups excluding carboxylic acids is 1. The Morgan fingerprint density at radius 1 is 1.30 bits per heavy atom. The van der Waals surface area contributed by atoms with Crippen LogP contribution in [-0.4, -0.2) is 16.9 Å². The Labute approximate surface area is 149 Å². The van der Waals surface area contributed by atoms with E-state index in [0.29, 0.717) is 12.3 Å². The summed E-state index contributed by atoms with van der Waals surface area (Å²) in [5, 5.41) is 4.01. The van der Waals surface area contributed by atoms with Gasteiger partial charge < -0.3 is 11.1 Å². The van der Waals surface area contributed by atoms with Crippen molar-refractivity contribution in [3.05, 3.63) is 36.0 Å². The summed E-state index contributed by atoms with van der Waals surface area (Å²) >= 11 is 0. The number of nitrogens with two attached hydrogens (primary N) is 1. The van der Waals surface area contributed by atoms with Gasteiger partial charge in [-0.05, 0) is 49.4 Å². The van der Waals surface area contributed by atoms with Crippen molar-refractivity contribution in [1.82, 2.24) is 4.98 Å². The predicted octanol–water partition coefficient (Wildman–Crippen LogP) is 3.84. The van der Waals surface area contributed by atoms with E-state index in [1.165, 1.54) is 0 Å². The number of halogens is 2. The lowest BCUT2D eigenvalue weighted by Gasteiger charge is -2.15. The summed E-state index contributed by atoms with van der Waals surface area (Å²) in [5.41, 5.74) is 8.92. The molecule has 4 nitrogen and oxygen atoms in total. The molecule has 2 atom stereocenters. The number of carbonyl (C=O) groups is 1. The molecule has 1 aliphatic carbocycles. The summed E-state index contributed by atoms with van der Waals surface area (Å²) in [5.74, 6) is 0.367. The SMILES string of the molecule is Cc1ccc(NC(=O)C[C@@H]2CCC[C@H]2N)c2cccnc12.Cl.Cl. The quantitative estimate of drug-likeness (QED) is 0.878. The standard InChI is InChI=1S/C17H21N3O.2ClH/c1-11-7-8-15(13-5-3-9-19-17(11)13)20-16(21)10-12-4-2-6-14(12)18;;/h3,5,7-9,12,14H,2,4,6,10,18H2,1H3,(H,20,21);2*1H/t12-,14+;;/m0../s1. The van der Waals surface area contributed by atoms with Gasteiger partial charge in [0.25, 0.3) is 0 Å². The summed E-state index contributed by atoms with van der Waals surface area (Å²) in [7, 11) is 0. The summed E-state index contributed by atoms with van der Waals surface area (Å²) in [6.45, 7) is 2.03. The van der Waals surface area contributed by atoms with Gasteiger partial charge in [-0.15, -0.1) is 24.8 Å². The first kappa shape index (κ1) is 19.7. The molecule has 6 heteroatoms. The molecule has 2 aromatic rings. The third-order valence-corrected chi connectivity index (χ3v) is 4.41. The molecule has 0 unspecified atom stereocenters. The molecule has 3 rings (SSSR count). The molecule has 1 aromatic carbocycles. The van der Waals surface area contributed by atoms with Gasteiger partial charge in [-0.25, -0.2) is 0 Å². The van der Waals surface area contributed by atoms with E-state index in [0.717, 1.165) is 41.4 Å². The van der Waals surface area contributed by atoms with Gasteiger partial charge in [0, 0.05) is 24.0 Å². The highest BCUT2D eigenvalue weighted by atomic mass is 35.5. The van der Waals surface area contributed by atoms with E-state index in [2.05, 4.69) is 10.3 Å². The topological polar surface area (TPSA) is 68.0 Å². The van der Waals surface area contributed by atoms with Crippen molar-refractivity contribution < 1.29 is 4.79 Å². The zero-order valence-electron chi connectivity index (χ0n) is 13.1. The van der Waals surface area contributed by atoms with Crippen LogP contribution in [0.25, 0.3) is 10.9 Å².